The largest absolute Gasteiger partial charge is 0.326 e. The lowest BCUT2D eigenvalue weighted by Crippen LogP contribution is -2.32. The summed E-state index contributed by atoms with van der Waals surface area (Å²) < 4.78 is 26.5. The first-order valence-corrected chi connectivity index (χ1v) is 7.99. The van der Waals surface area contributed by atoms with Gasteiger partial charge >= 0.3 is 0 Å². The summed E-state index contributed by atoms with van der Waals surface area (Å²) in [7, 11) is -3.56. The zero-order chi connectivity index (χ0) is 14.9. The molecule has 5 nitrogen and oxygen atoms in total. The van der Waals surface area contributed by atoms with Crippen molar-refractivity contribution in [2.45, 2.75) is 18.0 Å². The maximum atomic E-state index is 12.6. The fourth-order valence-electron chi connectivity index (χ4n) is 2.30. The smallest absolute Gasteiger partial charge is 0.267 e. The lowest BCUT2D eigenvalue weighted by atomic mass is 10.1. The molecule has 0 aliphatic carbocycles. The molecule has 6 heteroatoms. The summed E-state index contributed by atoms with van der Waals surface area (Å²) in [4.78, 5) is 4.45. The highest BCUT2D eigenvalue weighted by Gasteiger charge is 2.28. The maximum absolute atomic E-state index is 12.6. The first-order chi connectivity index (χ1) is 10.1. The predicted molar refractivity (Wildman–Crippen MR) is 81.7 cm³/mol. The van der Waals surface area contributed by atoms with E-state index in [2.05, 4.69) is 4.99 Å². The lowest BCUT2D eigenvalue weighted by Gasteiger charge is -2.24. The molecule has 2 aromatic carbocycles. The van der Waals surface area contributed by atoms with Crippen molar-refractivity contribution in [3.8, 4) is 0 Å². The molecule has 0 unspecified atom stereocenters. The second-order valence-corrected chi connectivity index (χ2v) is 6.59. The Morgan fingerprint density at radius 1 is 1.00 bits per heavy atom. The third-order valence-corrected chi connectivity index (χ3v) is 5.18. The van der Waals surface area contributed by atoms with Gasteiger partial charge in [-0.1, -0.05) is 36.4 Å². The summed E-state index contributed by atoms with van der Waals surface area (Å²) in [6.45, 7) is 0.603. The van der Waals surface area contributed by atoms with Crippen LogP contribution in [0.3, 0.4) is 0 Å². The van der Waals surface area contributed by atoms with Crippen molar-refractivity contribution in [2.24, 2.45) is 10.7 Å². The lowest BCUT2D eigenvalue weighted by molar-refractivity contribution is 0.520. The molecule has 2 aromatic rings. The topological polar surface area (TPSA) is 75.8 Å². The molecule has 21 heavy (non-hydrogen) atoms. The zero-order valence-corrected chi connectivity index (χ0v) is 12.1. The van der Waals surface area contributed by atoms with Crippen LogP contribution in [0, 0.1) is 0 Å². The zero-order valence-electron chi connectivity index (χ0n) is 11.3. The van der Waals surface area contributed by atoms with Crippen LogP contribution in [-0.2, 0) is 23.1 Å². The quantitative estimate of drug-likeness (QED) is 0.942. The Hall–Kier alpha value is -2.18. The summed E-state index contributed by atoms with van der Waals surface area (Å²) >= 11 is 0. The molecular formula is C15H15N3O2S. The number of aliphatic imine (C=N–C) groups is 1. The Labute approximate surface area is 123 Å². The fourth-order valence-corrected chi connectivity index (χ4v) is 3.67. The van der Waals surface area contributed by atoms with Gasteiger partial charge in [-0.3, -0.25) is 4.31 Å². The van der Waals surface area contributed by atoms with Crippen molar-refractivity contribution in [3.63, 3.8) is 0 Å². The van der Waals surface area contributed by atoms with Crippen molar-refractivity contribution in [2.75, 3.05) is 0 Å². The second kappa shape index (κ2) is 5.31. The van der Waals surface area contributed by atoms with Gasteiger partial charge in [-0.2, -0.15) is 0 Å². The van der Waals surface area contributed by atoms with Gasteiger partial charge in [0.25, 0.3) is 10.0 Å². The fraction of sp³-hybridized carbons (Fsp3) is 0.133. The number of hydrogen-bond donors (Lipinski definition) is 1. The molecule has 108 valence electrons. The molecule has 0 amide bonds. The molecule has 1 heterocycles. The average molecular weight is 301 g/mol. The Bertz CT molecular complexity index is 800. The summed E-state index contributed by atoms with van der Waals surface area (Å²) in [5.74, 6) is 0. The van der Waals surface area contributed by atoms with Gasteiger partial charge in [0.05, 0.1) is 12.2 Å². The van der Waals surface area contributed by atoms with Gasteiger partial charge in [0.1, 0.15) is 11.2 Å². The number of benzene rings is 2. The van der Waals surface area contributed by atoms with Gasteiger partial charge in [0, 0.05) is 6.54 Å². The number of rotatable bonds is 3. The Morgan fingerprint density at radius 3 is 2.43 bits per heavy atom. The Morgan fingerprint density at radius 2 is 1.67 bits per heavy atom. The number of fused-ring (bicyclic) bond motifs is 1. The van der Waals surface area contributed by atoms with Gasteiger partial charge in [-0.25, -0.2) is 13.4 Å². The van der Waals surface area contributed by atoms with Crippen molar-refractivity contribution in [1.29, 1.82) is 0 Å². The Kier molecular flexibility index (Phi) is 3.48. The van der Waals surface area contributed by atoms with E-state index in [-0.39, 0.29) is 11.4 Å². The predicted octanol–water partition coefficient (Wildman–Crippen LogP) is 2.01. The third-order valence-electron chi connectivity index (χ3n) is 3.44. The first-order valence-electron chi connectivity index (χ1n) is 6.55. The highest BCUT2D eigenvalue weighted by Crippen LogP contribution is 2.30. The second-order valence-electron chi connectivity index (χ2n) is 4.74. The van der Waals surface area contributed by atoms with Crippen LogP contribution in [-0.4, -0.2) is 19.1 Å². The van der Waals surface area contributed by atoms with Crippen LogP contribution >= 0.6 is 0 Å². The number of nitrogens with zero attached hydrogens (tertiary/aromatic N) is 2. The van der Waals surface area contributed by atoms with Crippen LogP contribution in [0.25, 0.3) is 0 Å². The van der Waals surface area contributed by atoms with E-state index in [1.165, 1.54) is 10.6 Å². The van der Waals surface area contributed by atoms with Crippen molar-refractivity contribution in [1.82, 2.24) is 4.31 Å². The molecule has 0 fully saturated rings. The van der Waals surface area contributed by atoms with E-state index in [9.17, 15) is 8.42 Å². The van der Waals surface area contributed by atoms with Crippen LogP contribution in [0.5, 0.6) is 0 Å². The molecule has 0 saturated carbocycles. The van der Waals surface area contributed by atoms with Gasteiger partial charge in [0.15, 0.2) is 0 Å². The number of sulfonamides is 1. The van der Waals surface area contributed by atoms with E-state index in [1.54, 1.807) is 24.3 Å². The molecule has 0 radical (unpaired) electrons. The normalized spacial score (nSPS) is 15.8. The van der Waals surface area contributed by atoms with Gasteiger partial charge in [-0.15, -0.1) is 0 Å². The van der Waals surface area contributed by atoms with Crippen molar-refractivity contribution in [3.05, 3.63) is 59.7 Å². The monoisotopic (exact) mass is 301 g/mol. The SMILES string of the molecule is NCc1ccccc1CN1C=Nc2ccccc2S1(=O)=O. The van der Waals surface area contributed by atoms with E-state index in [0.29, 0.717) is 12.2 Å². The summed E-state index contributed by atoms with van der Waals surface area (Å²) in [5.41, 5.74) is 7.99. The van der Waals surface area contributed by atoms with Crippen LogP contribution < -0.4 is 5.73 Å². The number of para-hydroxylation sites is 1. The van der Waals surface area contributed by atoms with E-state index < -0.39 is 10.0 Å². The molecule has 0 aromatic heterocycles. The van der Waals surface area contributed by atoms with Crippen molar-refractivity contribution < 1.29 is 8.42 Å². The molecular weight excluding hydrogens is 286 g/mol. The minimum absolute atomic E-state index is 0.230. The first kappa shape index (κ1) is 13.8. The molecule has 0 saturated heterocycles. The molecule has 2 N–H and O–H groups in total. The minimum Gasteiger partial charge on any atom is -0.326 e. The van der Waals surface area contributed by atoms with E-state index >= 15 is 0 Å². The van der Waals surface area contributed by atoms with Crippen LogP contribution in [0.1, 0.15) is 11.1 Å². The van der Waals surface area contributed by atoms with E-state index in [0.717, 1.165) is 11.1 Å². The van der Waals surface area contributed by atoms with Gasteiger partial charge < -0.3 is 5.73 Å². The molecule has 0 spiro atoms. The van der Waals surface area contributed by atoms with Crippen molar-refractivity contribution >= 4 is 22.0 Å². The number of nitrogens with two attached hydrogens (primary N) is 1. The van der Waals surface area contributed by atoms with Crippen LogP contribution in [0.2, 0.25) is 0 Å². The third kappa shape index (κ3) is 2.43. The minimum atomic E-state index is -3.56. The molecule has 0 bridgehead atoms. The standard InChI is InChI=1S/C15H15N3O2S/c16-9-12-5-1-2-6-13(12)10-18-11-17-14-7-3-4-8-15(14)21(18,19)20/h1-8,11H,9-10,16H2. The molecule has 1 aliphatic rings. The summed E-state index contributed by atoms with van der Waals surface area (Å²) in [6.07, 6.45) is 1.37. The van der Waals surface area contributed by atoms with Crippen LogP contribution in [0.15, 0.2) is 58.4 Å². The highest BCUT2D eigenvalue weighted by molar-refractivity contribution is 7.89. The molecule has 0 atom stereocenters. The Balaban J connectivity index is 1.99. The maximum Gasteiger partial charge on any atom is 0.267 e. The van der Waals surface area contributed by atoms with E-state index in [4.69, 9.17) is 5.73 Å². The van der Waals surface area contributed by atoms with Crippen LogP contribution in [0.4, 0.5) is 5.69 Å². The molecule has 3 rings (SSSR count). The number of hydrogen-bond acceptors (Lipinski definition) is 4. The van der Waals surface area contributed by atoms with Gasteiger partial charge in [-0.05, 0) is 23.3 Å². The summed E-state index contributed by atoms with van der Waals surface area (Å²) in [5, 5.41) is 0. The molecule has 1 aliphatic heterocycles. The average Bonchev–Trinajstić information content (AvgIpc) is 2.51. The summed E-state index contributed by atoms with van der Waals surface area (Å²) in [6, 6.07) is 14.3. The highest BCUT2D eigenvalue weighted by atomic mass is 32.2. The van der Waals surface area contributed by atoms with Gasteiger partial charge in [0.2, 0.25) is 0 Å². The van der Waals surface area contributed by atoms with E-state index in [1.807, 2.05) is 24.3 Å².